The highest BCUT2D eigenvalue weighted by atomic mass is 32.2. The van der Waals surface area contributed by atoms with Crippen LogP contribution in [0.15, 0.2) is 30.6 Å². The minimum Gasteiger partial charge on any atom is -0.494 e. The predicted molar refractivity (Wildman–Crippen MR) is 132 cm³/mol. The van der Waals surface area contributed by atoms with Gasteiger partial charge in [-0.25, -0.2) is 22.8 Å². The monoisotopic (exact) mass is 533 g/mol. The summed E-state index contributed by atoms with van der Waals surface area (Å²) in [5, 5.41) is 7.73. The van der Waals surface area contributed by atoms with E-state index in [0.717, 1.165) is 25.2 Å². The van der Waals surface area contributed by atoms with Crippen LogP contribution in [0, 0.1) is 5.82 Å². The zero-order chi connectivity index (χ0) is 26.0. The number of hydrogen-bond acceptors (Lipinski definition) is 10. The van der Waals surface area contributed by atoms with Crippen molar-refractivity contribution in [2.24, 2.45) is 0 Å². The molecule has 0 aliphatic carbocycles. The van der Waals surface area contributed by atoms with Crippen LogP contribution in [-0.4, -0.2) is 72.3 Å². The third-order valence-electron chi connectivity index (χ3n) is 6.47. The lowest BCUT2D eigenvalue weighted by Crippen LogP contribution is -2.45. The lowest BCUT2D eigenvalue weighted by molar-refractivity contribution is 0.103. The molecule has 0 bridgehead atoms. The van der Waals surface area contributed by atoms with Gasteiger partial charge in [0.2, 0.25) is 21.9 Å². The second-order valence-electron chi connectivity index (χ2n) is 8.79. The average molecular weight is 534 g/mol. The molecule has 2 aliphatic rings. The third kappa shape index (κ3) is 5.03. The van der Waals surface area contributed by atoms with Gasteiger partial charge in [-0.1, -0.05) is 6.07 Å². The summed E-state index contributed by atoms with van der Waals surface area (Å²) >= 11 is 0. The van der Waals surface area contributed by atoms with E-state index in [9.17, 15) is 12.8 Å². The van der Waals surface area contributed by atoms with Gasteiger partial charge in [0, 0.05) is 19.7 Å². The number of hydrogen-bond donors (Lipinski definition) is 1. The maximum Gasteiger partial charge on any atom is 0.243 e. The number of anilines is 2. The third-order valence-corrected chi connectivity index (χ3v) is 8.20. The lowest BCUT2D eigenvalue weighted by Gasteiger charge is -2.32. The molecular weight excluding hydrogens is 505 g/mol. The molecule has 1 N–H and O–H groups in total. The van der Waals surface area contributed by atoms with Crippen LogP contribution in [-0.2, 0) is 14.8 Å². The molecule has 37 heavy (non-hydrogen) atoms. The van der Waals surface area contributed by atoms with E-state index < -0.39 is 21.1 Å². The first-order valence-electron chi connectivity index (χ1n) is 11.9. The van der Waals surface area contributed by atoms with Crippen molar-refractivity contribution >= 4 is 21.9 Å². The molecule has 2 saturated heterocycles. The SMILES string of the molecule is COc1cccc(OC)c1-n1c(NS(=O)(=O)[C@H]2CCCN(c3ncc(F)cn3)C2)nnc1[C@@H]1CCCO1. The van der Waals surface area contributed by atoms with Crippen LogP contribution in [0.3, 0.4) is 0 Å². The Morgan fingerprint density at radius 1 is 1.08 bits per heavy atom. The molecule has 2 aromatic heterocycles. The smallest absolute Gasteiger partial charge is 0.243 e. The average Bonchev–Trinajstić information content (AvgIpc) is 3.58. The van der Waals surface area contributed by atoms with Crippen molar-refractivity contribution < 1.29 is 27.0 Å². The Hall–Kier alpha value is -3.52. The number of nitrogens with zero attached hydrogens (tertiary/aromatic N) is 6. The quantitative estimate of drug-likeness (QED) is 0.460. The van der Waals surface area contributed by atoms with Crippen LogP contribution in [0.4, 0.5) is 16.3 Å². The number of methoxy groups -OCH3 is 2. The van der Waals surface area contributed by atoms with Crippen molar-refractivity contribution in [1.29, 1.82) is 0 Å². The second-order valence-corrected chi connectivity index (χ2v) is 10.7. The maximum atomic E-state index is 13.6. The minimum atomic E-state index is -3.93. The van der Waals surface area contributed by atoms with E-state index in [4.69, 9.17) is 14.2 Å². The first-order chi connectivity index (χ1) is 17.9. The second kappa shape index (κ2) is 10.5. The number of piperidine rings is 1. The first-order valence-corrected chi connectivity index (χ1v) is 13.5. The van der Waals surface area contributed by atoms with Gasteiger partial charge in [-0.15, -0.1) is 10.2 Å². The van der Waals surface area contributed by atoms with E-state index in [-0.39, 0.29) is 24.5 Å². The van der Waals surface area contributed by atoms with Gasteiger partial charge in [0.05, 0.1) is 31.9 Å². The van der Waals surface area contributed by atoms with Crippen molar-refractivity contribution in [3.05, 3.63) is 42.2 Å². The number of para-hydroxylation sites is 1. The summed E-state index contributed by atoms with van der Waals surface area (Å²) in [7, 11) is -0.892. The number of aromatic nitrogens is 5. The van der Waals surface area contributed by atoms with Gasteiger partial charge >= 0.3 is 0 Å². The van der Waals surface area contributed by atoms with Crippen LogP contribution in [0.1, 0.15) is 37.6 Å². The molecular formula is C23H28FN7O5S. The van der Waals surface area contributed by atoms with Crippen LogP contribution >= 0.6 is 0 Å². The van der Waals surface area contributed by atoms with Gasteiger partial charge in [0.15, 0.2) is 11.6 Å². The highest BCUT2D eigenvalue weighted by molar-refractivity contribution is 7.93. The molecule has 2 fully saturated rings. The molecule has 198 valence electrons. The fourth-order valence-electron chi connectivity index (χ4n) is 4.68. The van der Waals surface area contributed by atoms with E-state index in [0.29, 0.717) is 49.0 Å². The number of benzene rings is 1. The van der Waals surface area contributed by atoms with E-state index in [1.807, 2.05) is 0 Å². The van der Waals surface area contributed by atoms with Crippen molar-refractivity contribution in [3.8, 4) is 17.2 Å². The molecule has 0 unspecified atom stereocenters. The predicted octanol–water partition coefficient (Wildman–Crippen LogP) is 2.48. The number of ether oxygens (including phenoxy) is 3. The van der Waals surface area contributed by atoms with Crippen LogP contribution < -0.4 is 19.1 Å². The Bertz CT molecular complexity index is 1320. The van der Waals surface area contributed by atoms with Crippen molar-refractivity contribution in [2.75, 3.05) is 43.5 Å². The Morgan fingerprint density at radius 3 is 2.46 bits per heavy atom. The van der Waals surface area contributed by atoms with Crippen molar-refractivity contribution in [2.45, 2.75) is 37.0 Å². The van der Waals surface area contributed by atoms with Crippen molar-refractivity contribution in [3.63, 3.8) is 0 Å². The molecule has 2 atom stereocenters. The molecule has 0 saturated carbocycles. The molecule has 5 rings (SSSR count). The van der Waals surface area contributed by atoms with E-state index >= 15 is 0 Å². The standard InChI is InChI=1S/C23H28FN7O5S/c1-34-17-7-3-8-18(35-2)20(17)31-21(19-9-5-11-36-19)27-28-23(31)29-37(32,33)16-6-4-10-30(14-16)22-25-12-15(24)13-26-22/h3,7-8,12-13,16,19H,4-6,9-11,14H2,1-2H3,(H,28,29)/t16-,19-/m0/s1. The van der Waals surface area contributed by atoms with Gasteiger partial charge in [-0.3, -0.25) is 9.29 Å². The van der Waals surface area contributed by atoms with Crippen LogP contribution in [0.25, 0.3) is 5.69 Å². The van der Waals surface area contributed by atoms with E-state index in [1.54, 1.807) is 27.7 Å². The maximum absolute atomic E-state index is 13.6. The van der Waals surface area contributed by atoms with E-state index in [1.165, 1.54) is 14.2 Å². The highest BCUT2D eigenvalue weighted by Gasteiger charge is 2.35. The van der Waals surface area contributed by atoms with E-state index in [2.05, 4.69) is 24.9 Å². The Kier molecular flexibility index (Phi) is 7.11. The van der Waals surface area contributed by atoms with Crippen LogP contribution in [0.2, 0.25) is 0 Å². The minimum absolute atomic E-state index is 0.00320. The van der Waals surface area contributed by atoms with Crippen molar-refractivity contribution in [1.82, 2.24) is 24.7 Å². The molecule has 14 heteroatoms. The lowest BCUT2D eigenvalue weighted by atomic mass is 10.1. The van der Waals surface area contributed by atoms with Gasteiger partial charge in [-0.05, 0) is 37.8 Å². The Labute approximate surface area is 213 Å². The molecule has 0 radical (unpaired) electrons. The fraction of sp³-hybridized carbons (Fsp3) is 0.478. The summed E-state index contributed by atoms with van der Waals surface area (Å²) in [5.74, 6) is 1.09. The topological polar surface area (TPSA) is 134 Å². The summed E-state index contributed by atoms with van der Waals surface area (Å²) in [6.45, 7) is 1.28. The number of nitrogens with one attached hydrogen (secondary N) is 1. The fourth-order valence-corrected chi connectivity index (χ4v) is 6.08. The summed E-state index contributed by atoms with van der Waals surface area (Å²) in [5.41, 5.74) is 0.464. The van der Waals surface area contributed by atoms with Gasteiger partial charge in [0.1, 0.15) is 23.3 Å². The molecule has 12 nitrogen and oxygen atoms in total. The molecule has 0 amide bonds. The molecule has 2 aliphatic heterocycles. The van der Waals surface area contributed by atoms with Gasteiger partial charge in [-0.2, -0.15) is 0 Å². The zero-order valence-electron chi connectivity index (χ0n) is 20.5. The largest absolute Gasteiger partial charge is 0.494 e. The normalized spacial score (nSPS) is 20.1. The first kappa shape index (κ1) is 25.1. The van der Waals surface area contributed by atoms with Gasteiger partial charge in [0.25, 0.3) is 0 Å². The summed E-state index contributed by atoms with van der Waals surface area (Å²) in [6.07, 6.45) is 4.37. The zero-order valence-corrected chi connectivity index (χ0v) is 21.3. The molecule has 4 heterocycles. The number of halogens is 1. The molecule has 3 aromatic rings. The molecule has 0 spiro atoms. The Morgan fingerprint density at radius 2 is 1.81 bits per heavy atom. The number of rotatable bonds is 8. The van der Waals surface area contributed by atoms with Crippen LogP contribution in [0.5, 0.6) is 11.5 Å². The Balaban J connectivity index is 1.50. The summed E-state index contributed by atoms with van der Waals surface area (Å²) < 4.78 is 61.7. The summed E-state index contributed by atoms with van der Waals surface area (Å²) in [6, 6.07) is 5.27. The molecule has 1 aromatic carbocycles. The van der Waals surface area contributed by atoms with Gasteiger partial charge < -0.3 is 19.1 Å². The number of sulfonamides is 1. The summed E-state index contributed by atoms with van der Waals surface area (Å²) in [4.78, 5) is 9.73. The highest BCUT2D eigenvalue weighted by Crippen LogP contribution is 2.39.